The summed E-state index contributed by atoms with van der Waals surface area (Å²) in [6.45, 7) is 0.0102. The van der Waals surface area contributed by atoms with Gasteiger partial charge in [0.1, 0.15) is 35.8 Å². The molecule has 0 saturated heterocycles. The number of hydrogen-bond acceptors (Lipinski definition) is 5. The van der Waals surface area contributed by atoms with Crippen molar-refractivity contribution in [3.05, 3.63) is 87.8 Å². The normalized spacial score (nSPS) is 14.8. The van der Waals surface area contributed by atoms with Crippen LogP contribution in [-0.2, 0) is 6.61 Å². The van der Waals surface area contributed by atoms with Crippen LogP contribution in [0.1, 0.15) is 24.1 Å². The first-order chi connectivity index (χ1) is 15.1. The predicted molar refractivity (Wildman–Crippen MR) is 108 cm³/mol. The molecule has 152 valence electrons. The summed E-state index contributed by atoms with van der Waals surface area (Å²) < 4.78 is 35.2. The summed E-state index contributed by atoms with van der Waals surface area (Å²) in [4.78, 5) is 21.8. The SMILES string of the molecule is N#CC1=C(c2cc3c(n(-c4cccnc4)c2=O)COc2cc(F)cnc2-3)CCC=C1F. The van der Waals surface area contributed by atoms with Gasteiger partial charge >= 0.3 is 0 Å². The average Bonchev–Trinajstić information content (AvgIpc) is 2.78. The molecule has 0 aromatic carbocycles. The van der Waals surface area contributed by atoms with Crippen LogP contribution in [0.15, 0.2) is 65.1 Å². The largest absolute Gasteiger partial charge is 0.485 e. The van der Waals surface area contributed by atoms with Gasteiger partial charge in [0.2, 0.25) is 0 Å². The zero-order chi connectivity index (χ0) is 21.5. The zero-order valence-corrected chi connectivity index (χ0v) is 16.1. The van der Waals surface area contributed by atoms with Gasteiger partial charge in [-0.05, 0) is 42.7 Å². The molecule has 0 bridgehead atoms. The lowest BCUT2D eigenvalue weighted by molar-refractivity contribution is 0.290. The molecule has 31 heavy (non-hydrogen) atoms. The molecule has 0 fully saturated rings. The van der Waals surface area contributed by atoms with Crippen molar-refractivity contribution in [1.29, 1.82) is 5.26 Å². The average molecular weight is 416 g/mol. The van der Waals surface area contributed by atoms with E-state index in [1.807, 2.05) is 6.07 Å². The Morgan fingerprint density at radius 3 is 2.84 bits per heavy atom. The maximum absolute atomic E-state index is 14.3. The lowest BCUT2D eigenvalue weighted by atomic mass is 9.90. The number of nitriles is 1. The van der Waals surface area contributed by atoms with Gasteiger partial charge in [0.05, 0.1) is 29.3 Å². The van der Waals surface area contributed by atoms with Crippen molar-refractivity contribution in [2.24, 2.45) is 0 Å². The minimum Gasteiger partial charge on any atom is -0.485 e. The summed E-state index contributed by atoms with van der Waals surface area (Å²) >= 11 is 0. The minimum absolute atomic E-state index is 0.0102. The second-order valence-electron chi connectivity index (χ2n) is 7.12. The highest BCUT2D eigenvalue weighted by Crippen LogP contribution is 2.39. The van der Waals surface area contributed by atoms with Crippen LogP contribution in [-0.4, -0.2) is 14.5 Å². The molecule has 0 spiro atoms. The Morgan fingerprint density at radius 1 is 1.19 bits per heavy atom. The molecule has 0 amide bonds. The van der Waals surface area contributed by atoms with Gasteiger partial charge in [0, 0.05) is 23.4 Å². The van der Waals surface area contributed by atoms with Crippen molar-refractivity contribution in [2.75, 3.05) is 0 Å². The van der Waals surface area contributed by atoms with Crippen molar-refractivity contribution in [3.8, 4) is 28.8 Å². The van der Waals surface area contributed by atoms with Gasteiger partial charge in [0.25, 0.3) is 5.56 Å². The van der Waals surface area contributed by atoms with Gasteiger partial charge < -0.3 is 4.74 Å². The molecule has 1 aliphatic carbocycles. The van der Waals surface area contributed by atoms with E-state index < -0.39 is 17.2 Å². The first-order valence-corrected chi connectivity index (χ1v) is 9.56. The number of nitrogens with zero attached hydrogens (tertiary/aromatic N) is 4. The molecule has 2 aliphatic rings. The number of allylic oxidation sites excluding steroid dienone is 4. The van der Waals surface area contributed by atoms with Crippen molar-refractivity contribution in [3.63, 3.8) is 0 Å². The van der Waals surface area contributed by atoms with E-state index in [2.05, 4.69) is 9.97 Å². The van der Waals surface area contributed by atoms with Crippen LogP contribution in [0, 0.1) is 17.1 Å². The molecule has 5 rings (SSSR count). The third kappa shape index (κ3) is 3.02. The standard InChI is InChI=1S/C23H14F2N4O2/c24-13-7-21-22(28-10-13)17-8-16(15-4-1-5-19(25)18(15)9-26)23(30)29(20(17)12-31-21)14-3-2-6-27-11-14/h2-3,5-8,10-11H,1,4,12H2. The fourth-order valence-corrected chi connectivity index (χ4v) is 3.96. The number of halogens is 2. The van der Waals surface area contributed by atoms with Gasteiger partial charge in [-0.2, -0.15) is 5.26 Å². The summed E-state index contributed by atoms with van der Waals surface area (Å²) in [6.07, 6.45) is 6.24. The van der Waals surface area contributed by atoms with E-state index in [4.69, 9.17) is 4.74 Å². The Kier molecular flexibility index (Phi) is 4.44. The third-order valence-electron chi connectivity index (χ3n) is 5.34. The van der Waals surface area contributed by atoms with Gasteiger partial charge in [-0.1, -0.05) is 0 Å². The van der Waals surface area contributed by atoms with E-state index in [1.54, 1.807) is 24.4 Å². The van der Waals surface area contributed by atoms with Crippen molar-refractivity contribution >= 4 is 5.57 Å². The van der Waals surface area contributed by atoms with Gasteiger partial charge in [-0.3, -0.25) is 14.3 Å². The highest BCUT2D eigenvalue weighted by Gasteiger charge is 2.28. The lowest BCUT2D eigenvalue weighted by Gasteiger charge is -2.25. The molecular weight excluding hydrogens is 402 g/mol. The molecular formula is C23H14F2N4O2. The van der Waals surface area contributed by atoms with E-state index >= 15 is 0 Å². The third-order valence-corrected chi connectivity index (χ3v) is 5.34. The smallest absolute Gasteiger partial charge is 0.263 e. The molecule has 1 aliphatic heterocycles. The van der Waals surface area contributed by atoms with E-state index in [0.29, 0.717) is 41.1 Å². The van der Waals surface area contributed by atoms with Crippen LogP contribution < -0.4 is 10.3 Å². The van der Waals surface area contributed by atoms with E-state index in [9.17, 15) is 18.8 Å². The zero-order valence-electron chi connectivity index (χ0n) is 16.1. The molecule has 0 radical (unpaired) electrons. The predicted octanol–water partition coefficient (Wildman–Crippen LogP) is 4.25. The maximum Gasteiger partial charge on any atom is 0.263 e. The minimum atomic E-state index is -0.641. The second kappa shape index (κ2) is 7.29. The van der Waals surface area contributed by atoms with E-state index in [1.165, 1.54) is 22.9 Å². The van der Waals surface area contributed by atoms with Crippen molar-refractivity contribution < 1.29 is 13.5 Å². The molecule has 0 saturated carbocycles. The Hall–Kier alpha value is -4.12. The van der Waals surface area contributed by atoms with Gasteiger partial charge in [-0.25, -0.2) is 13.8 Å². The molecule has 0 atom stereocenters. The van der Waals surface area contributed by atoms with Gasteiger partial charge in [0.15, 0.2) is 0 Å². The number of aromatic nitrogens is 3. The molecule has 6 nitrogen and oxygen atoms in total. The molecule has 3 aromatic rings. The summed E-state index contributed by atoms with van der Waals surface area (Å²) in [7, 11) is 0. The number of pyridine rings is 3. The number of ether oxygens (including phenoxy) is 1. The molecule has 0 unspecified atom stereocenters. The monoisotopic (exact) mass is 416 g/mol. The lowest BCUT2D eigenvalue weighted by Crippen LogP contribution is -2.29. The fourth-order valence-electron chi connectivity index (χ4n) is 3.96. The Bertz CT molecular complexity index is 1390. The summed E-state index contributed by atoms with van der Waals surface area (Å²) in [5.41, 5.74) is 1.89. The van der Waals surface area contributed by atoms with Crippen LogP contribution in [0.3, 0.4) is 0 Å². The summed E-state index contributed by atoms with van der Waals surface area (Å²) in [6, 6.07) is 8.12. The summed E-state index contributed by atoms with van der Waals surface area (Å²) in [5.74, 6) is -0.936. The number of fused-ring (bicyclic) bond motifs is 3. The van der Waals surface area contributed by atoms with Crippen LogP contribution in [0.4, 0.5) is 8.78 Å². The Labute approximate surface area is 175 Å². The van der Waals surface area contributed by atoms with Crippen molar-refractivity contribution in [2.45, 2.75) is 19.4 Å². The number of rotatable bonds is 2. The quantitative estimate of drug-likeness (QED) is 0.624. The van der Waals surface area contributed by atoms with Crippen LogP contribution >= 0.6 is 0 Å². The highest BCUT2D eigenvalue weighted by molar-refractivity contribution is 5.81. The molecule has 8 heteroatoms. The molecule has 4 heterocycles. The van der Waals surface area contributed by atoms with Crippen LogP contribution in [0.25, 0.3) is 22.5 Å². The van der Waals surface area contributed by atoms with Crippen LogP contribution in [0.2, 0.25) is 0 Å². The Balaban J connectivity index is 1.88. The Morgan fingerprint density at radius 2 is 2.06 bits per heavy atom. The fraction of sp³-hybridized carbons (Fsp3) is 0.130. The second-order valence-corrected chi connectivity index (χ2v) is 7.12. The van der Waals surface area contributed by atoms with Gasteiger partial charge in [-0.15, -0.1) is 0 Å². The van der Waals surface area contributed by atoms with E-state index in [-0.39, 0.29) is 23.5 Å². The first-order valence-electron chi connectivity index (χ1n) is 9.56. The van der Waals surface area contributed by atoms with Crippen molar-refractivity contribution in [1.82, 2.24) is 14.5 Å². The number of hydrogen-bond donors (Lipinski definition) is 0. The summed E-state index contributed by atoms with van der Waals surface area (Å²) in [5, 5.41) is 9.52. The molecule has 0 N–H and O–H groups in total. The van der Waals surface area contributed by atoms with E-state index in [0.717, 1.165) is 6.20 Å². The molecule has 3 aromatic heterocycles. The van der Waals surface area contributed by atoms with Crippen LogP contribution in [0.5, 0.6) is 5.75 Å². The maximum atomic E-state index is 14.3. The first kappa shape index (κ1) is 18.9. The topological polar surface area (TPSA) is 80.8 Å². The highest BCUT2D eigenvalue weighted by atomic mass is 19.1.